The van der Waals surface area contributed by atoms with Crippen LogP contribution in [0.1, 0.15) is 105 Å². The lowest BCUT2D eigenvalue weighted by Crippen LogP contribution is -1.86. The minimum Gasteiger partial charge on any atom is -0.0853 e. The molecule has 0 N–H and O–H groups in total. The highest BCUT2D eigenvalue weighted by molar-refractivity contribution is 5.06. The molecule has 0 radical (unpaired) electrons. The molecule has 0 aromatic heterocycles. The zero-order chi connectivity index (χ0) is 15.2. The van der Waals surface area contributed by atoms with Crippen LogP contribution in [0.5, 0.6) is 0 Å². The zero-order valence-corrected chi connectivity index (χ0v) is 14.9. The van der Waals surface area contributed by atoms with Crippen molar-refractivity contribution < 1.29 is 0 Å². The van der Waals surface area contributed by atoms with Crippen molar-refractivity contribution in [2.75, 3.05) is 0 Å². The molecule has 20 heavy (non-hydrogen) atoms. The van der Waals surface area contributed by atoms with Crippen molar-refractivity contribution in [1.29, 1.82) is 0 Å². The van der Waals surface area contributed by atoms with Crippen molar-refractivity contribution in [2.24, 2.45) is 0 Å². The summed E-state index contributed by atoms with van der Waals surface area (Å²) in [6.45, 7) is 11.3. The Kier molecular flexibility index (Phi) is 13.1. The average molecular weight is 279 g/mol. The number of unbranched alkanes of at least 4 members (excludes halogenated alkanes) is 5. The van der Waals surface area contributed by atoms with Gasteiger partial charge < -0.3 is 0 Å². The standard InChI is InChI=1S/C20H38/c1-6-8-11-16-20(14-7-2)17-13-10-9-12-15-19(5)18(3)4/h17H,6-16H2,1-5H3. The summed E-state index contributed by atoms with van der Waals surface area (Å²) in [6, 6.07) is 0. The fourth-order valence-corrected chi connectivity index (χ4v) is 2.52. The highest BCUT2D eigenvalue weighted by atomic mass is 14.0. The maximum atomic E-state index is 2.55. The second kappa shape index (κ2) is 13.5. The second-order valence-corrected chi connectivity index (χ2v) is 6.45. The minimum absolute atomic E-state index is 1.30. The van der Waals surface area contributed by atoms with E-state index in [0.717, 1.165) is 0 Å². The summed E-state index contributed by atoms with van der Waals surface area (Å²) in [5.74, 6) is 0. The molecule has 0 fully saturated rings. The van der Waals surface area contributed by atoms with Gasteiger partial charge in [-0.25, -0.2) is 0 Å². The lowest BCUT2D eigenvalue weighted by Gasteiger charge is -2.07. The van der Waals surface area contributed by atoms with Crippen molar-refractivity contribution in [3.63, 3.8) is 0 Å². The molecule has 0 aliphatic heterocycles. The van der Waals surface area contributed by atoms with Crippen LogP contribution in [0.15, 0.2) is 22.8 Å². The molecule has 0 nitrogen and oxygen atoms in total. The molecule has 0 aliphatic carbocycles. The predicted octanol–water partition coefficient (Wildman–Crippen LogP) is 7.60. The van der Waals surface area contributed by atoms with E-state index >= 15 is 0 Å². The van der Waals surface area contributed by atoms with Gasteiger partial charge in [0.2, 0.25) is 0 Å². The van der Waals surface area contributed by atoms with Crippen LogP contribution in [-0.2, 0) is 0 Å². The van der Waals surface area contributed by atoms with E-state index in [0.29, 0.717) is 0 Å². The van der Waals surface area contributed by atoms with Crippen LogP contribution < -0.4 is 0 Å². The largest absolute Gasteiger partial charge is 0.0853 e. The Morgan fingerprint density at radius 2 is 1.40 bits per heavy atom. The third kappa shape index (κ3) is 11.3. The molecular weight excluding hydrogens is 240 g/mol. The van der Waals surface area contributed by atoms with Gasteiger partial charge in [0.1, 0.15) is 0 Å². The summed E-state index contributed by atoms with van der Waals surface area (Å²) in [4.78, 5) is 0. The lowest BCUT2D eigenvalue weighted by molar-refractivity contribution is 0.665. The van der Waals surface area contributed by atoms with Gasteiger partial charge in [-0.05, 0) is 65.7 Å². The van der Waals surface area contributed by atoms with E-state index in [1.54, 1.807) is 11.1 Å². The summed E-state index contributed by atoms with van der Waals surface area (Å²) in [7, 11) is 0. The van der Waals surface area contributed by atoms with Gasteiger partial charge >= 0.3 is 0 Å². The summed E-state index contributed by atoms with van der Waals surface area (Å²) < 4.78 is 0. The SMILES string of the molecule is CCCCCC(=CCCCCCC(C)=C(C)C)CCC. The highest BCUT2D eigenvalue weighted by Gasteiger charge is 1.97. The van der Waals surface area contributed by atoms with Crippen LogP contribution in [0.4, 0.5) is 0 Å². The molecule has 0 unspecified atom stereocenters. The minimum atomic E-state index is 1.30. The molecule has 0 saturated carbocycles. The van der Waals surface area contributed by atoms with E-state index in [2.05, 4.69) is 40.7 Å². The lowest BCUT2D eigenvalue weighted by atomic mass is 10.00. The van der Waals surface area contributed by atoms with Crippen LogP contribution in [-0.4, -0.2) is 0 Å². The fraction of sp³-hybridized carbons (Fsp3) is 0.800. The van der Waals surface area contributed by atoms with E-state index in [1.807, 2.05) is 0 Å². The molecule has 0 aromatic rings. The molecule has 0 atom stereocenters. The Balaban J connectivity index is 3.79. The maximum Gasteiger partial charge on any atom is -0.0320 e. The first-order valence-electron chi connectivity index (χ1n) is 8.92. The molecular formula is C20H38. The average Bonchev–Trinajstić information content (AvgIpc) is 2.42. The monoisotopic (exact) mass is 278 g/mol. The smallest absolute Gasteiger partial charge is 0.0320 e. The molecule has 0 heterocycles. The van der Waals surface area contributed by atoms with Gasteiger partial charge in [0.25, 0.3) is 0 Å². The number of allylic oxidation sites excluding steroid dienone is 4. The van der Waals surface area contributed by atoms with Gasteiger partial charge in [-0.3, -0.25) is 0 Å². The molecule has 0 amide bonds. The second-order valence-electron chi connectivity index (χ2n) is 6.45. The molecule has 0 bridgehead atoms. The quantitative estimate of drug-likeness (QED) is 0.255. The summed E-state index contributed by atoms with van der Waals surface area (Å²) >= 11 is 0. The molecule has 0 saturated heterocycles. The first-order chi connectivity index (χ1) is 9.61. The first kappa shape index (κ1) is 19.5. The fourth-order valence-electron chi connectivity index (χ4n) is 2.52. The number of hydrogen-bond donors (Lipinski definition) is 0. The van der Waals surface area contributed by atoms with Gasteiger partial charge in [0, 0.05) is 0 Å². The summed E-state index contributed by atoms with van der Waals surface area (Å²) in [5.41, 5.74) is 4.82. The Labute approximate surface area is 128 Å². The van der Waals surface area contributed by atoms with E-state index in [9.17, 15) is 0 Å². The van der Waals surface area contributed by atoms with Crippen LogP contribution in [0.2, 0.25) is 0 Å². The Morgan fingerprint density at radius 1 is 0.700 bits per heavy atom. The van der Waals surface area contributed by atoms with Gasteiger partial charge in [0.05, 0.1) is 0 Å². The molecule has 118 valence electrons. The topological polar surface area (TPSA) is 0 Å². The Hall–Kier alpha value is -0.520. The zero-order valence-electron chi connectivity index (χ0n) is 14.9. The summed E-state index contributed by atoms with van der Waals surface area (Å²) in [5, 5.41) is 0. The van der Waals surface area contributed by atoms with Crippen molar-refractivity contribution in [2.45, 2.75) is 105 Å². The maximum absolute atomic E-state index is 2.55. The normalized spacial score (nSPS) is 11.8. The van der Waals surface area contributed by atoms with Gasteiger partial charge in [-0.15, -0.1) is 0 Å². The van der Waals surface area contributed by atoms with E-state index in [-0.39, 0.29) is 0 Å². The number of hydrogen-bond acceptors (Lipinski definition) is 0. The van der Waals surface area contributed by atoms with Crippen molar-refractivity contribution in [3.8, 4) is 0 Å². The van der Waals surface area contributed by atoms with Crippen molar-refractivity contribution in [1.82, 2.24) is 0 Å². The van der Waals surface area contributed by atoms with Crippen LogP contribution in [0.25, 0.3) is 0 Å². The molecule has 0 rings (SSSR count). The van der Waals surface area contributed by atoms with Gasteiger partial charge in [-0.1, -0.05) is 62.3 Å². The third-order valence-corrected chi connectivity index (χ3v) is 4.22. The van der Waals surface area contributed by atoms with E-state index in [1.165, 1.54) is 76.2 Å². The van der Waals surface area contributed by atoms with Crippen molar-refractivity contribution >= 4 is 0 Å². The van der Waals surface area contributed by atoms with E-state index in [4.69, 9.17) is 0 Å². The first-order valence-corrected chi connectivity index (χ1v) is 8.92. The van der Waals surface area contributed by atoms with Crippen LogP contribution in [0, 0.1) is 0 Å². The third-order valence-electron chi connectivity index (χ3n) is 4.22. The molecule has 0 aromatic carbocycles. The Bertz CT molecular complexity index is 276. The van der Waals surface area contributed by atoms with Crippen LogP contribution in [0.3, 0.4) is 0 Å². The molecule has 0 heteroatoms. The van der Waals surface area contributed by atoms with Crippen LogP contribution >= 0.6 is 0 Å². The Morgan fingerprint density at radius 3 is 2.00 bits per heavy atom. The highest BCUT2D eigenvalue weighted by Crippen LogP contribution is 2.17. The predicted molar refractivity (Wildman–Crippen MR) is 94.3 cm³/mol. The molecule has 0 spiro atoms. The molecule has 0 aliphatic rings. The van der Waals surface area contributed by atoms with Gasteiger partial charge in [0.15, 0.2) is 0 Å². The van der Waals surface area contributed by atoms with E-state index < -0.39 is 0 Å². The van der Waals surface area contributed by atoms with Gasteiger partial charge in [-0.2, -0.15) is 0 Å². The number of rotatable bonds is 12. The summed E-state index contributed by atoms with van der Waals surface area (Å²) in [6.07, 6.45) is 17.4. The van der Waals surface area contributed by atoms with Crippen molar-refractivity contribution in [3.05, 3.63) is 22.8 Å².